The zero-order valence-electron chi connectivity index (χ0n) is 15.3. The molecule has 7 heteroatoms. The Morgan fingerprint density at radius 3 is 2.37 bits per heavy atom. The van der Waals surface area contributed by atoms with Crippen molar-refractivity contribution in [3.8, 4) is 17.1 Å². The van der Waals surface area contributed by atoms with E-state index in [0.29, 0.717) is 17.3 Å². The van der Waals surface area contributed by atoms with Gasteiger partial charge in [-0.25, -0.2) is 4.39 Å². The summed E-state index contributed by atoms with van der Waals surface area (Å²) in [7, 11) is 1.60. The maximum absolute atomic E-state index is 13.0. The zero-order valence-corrected chi connectivity index (χ0v) is 15.3. The van der Waals surface area contributed by atoms with Crippen LogP contribution < -0.4 is 10.1 Å². The van der Waals surface area contributed by atoms with E-state index in [0.717, 1.165) is 11.3 Å². The normalized spacial score (nSPS) is 12.0. The van der Waals surface area contributed by atoms with Gasteiger partial charge in [0.1, 0.15) is 17.6 Å². The predicted molar refractivity (Wildman–Crippen MR) is 97.7 cm³/mol. The number of benzene rings is 2. The molecule has 0 fully saturated rings. The molecule has 2 aromatic carbocycles. The number of amides is 1. The van der Waals surface area contributed by atoms with E-state index in [9.17, 15) is 9.18 Å². The van der Waals surface area contributed by atoms with Crippen LogP contribution in [-0.2, 0) is 0 Å². The Hall–Kier alpha value is -3.22. The standard InChI is InChI=1S/C20H20FN3O3/c1-12(2)17(22-19(25)14-4-8-15(21)9-5-14)20-23-18(24-27-20)13-6-10-16(26-3)11-7-13/h4-12,17H,1-3H3,(H,22,25)/t17-/m0/s1. The molecule has 0 saturated carbocycles. The summed E-state index contributed by atoms with van der Waals surface area (Å²) in [6.45, 7) is 3.87. The molecule has 0 aliphatic heterocycles. The first-order chi connectivity index (χ1) is 13.0. The third-order valence-corrected chi connectivity index (χ3v) is 4.12. The number of carbonyl (C=O) groups excluding carboxylic acids is 1. The minimum Gasteiger partial charge on any atom is -0.497 e. The first-order valence-electron chi connectivity index (χ1n) is 8.52. The Morgan fingerprint density at radius 1 is 1.11 bits per heavy atom. The summed E-state index contributed by atoms with van der Waals surface area (Å²) in [5, 5.41) is 6.88. The highest BCUT2D eigenvalue weighted by atomic mass is 19.1. The molecule has 0 saturated heterocycles. The Labute approximate surface area is 156 Å². The van der Waals surface area contributed by atoms with Gasteiger partial charge in [0, 0.05) is 11.1 Å². The van der Waals surface area contributed by atoms with Gasteiger partial charge in [-0.3, -0.25) is 4.79 Å². The van der Waals surface area contributed by atoms with Crippen LogP contribution in [0.3, 0.4) is 0 Å². The fourth-order valence-electron chi connectivity index (χ4n) is 2.56. The monoisotopic (exact) mass is 369 g/mol. The lowest BCUT2D eigenvalue weighted by Crippen LogP contribution is -2.32. The van der Waals surface area contributed by atoms with Crippen molar-refractivity contribution in [1.82, 2.24) is 15.5 Å². The summed E-state index contributed by atoms with van der Waals surface area (Å²) in [4.78, 5) is 16.9. The van der Waals surface area contributed by atoms with Gasteiger partial charge in [-0.2, -0.15) is 4.98 Å². The Kier molecular flexibility index (Phi) is 5.49. The van der Waals surface area contributed by atoms with Crippen molar-refractivity contribution < 1.29 is 18.4 Å². The van der Waals surface area contributed by atoms with Crippen LogP contribution in [0.4, 0.5) is 4.39 Å². The second-order valence-corrected chi connectivity index (χ2v) is 6.39. The number of halogens is 1. The number of carbonyl (C=O) groups is 1. The summed E-state index contributed by atoms with van der Waals surface area (Å²) in [5.74, 6) is 0.749. The lowest BCUT2D eigenvalue weighted by atomic mass is 10.0. The molecule has 1 aromatic heterocycles. The minimum absolute atomic E-state index is 0.0126. The molecule has 1 heterocycles. The number of aromatic nitrogens is 2. The van der Waals surface area contributed by atoms with Gasteiger partial charge < -0.3 is 14.6 Å². The molecule has 0 radical (unpaired) electrons. The summed E-state index contributed by atoms with van der Waals surface area (Å²) in [6, 6.07) is 12.1. The first-order valence-corrected chi connectivity index (χ1v) is 8.52. The molecule has 0 aliphatic rings. The van der Waals surface area contributed by atoms with Crippen molar-refractivity contribution in [2.24, 2.45) is 5.92 Å². The molecule has 1 amide bonds. The molecule has 140 valence electrons. The second-order valence-electron chi connectivity index (χ2n) is 6.39. The van der Waals surface area contributed by atoms with E-state index in [4.69, 9.17) is 9.26 Å². The molecule has 0 aliphatic carbocycles. The van der Waals surface area contributed by atoms with Gasteiger partial charge in [0.25, 0.3) is 5.91 Å². The molecule has 1 atom stereocenters. The molecule has 0 unspecified atom stereocenters. The van der Waals surface area contributed by atoms with Crippen LogP contribution in [0.15, 0.2) is 53.1 Å². The summed E-state index contributed by atoms with van der Waals surface area (Å²) >= 11 is 0. The molecule has 3 aromatic rings. The van der Waals surface area contributed by atoms with Gasteiger partial charge >= 0.3 is 0 Å². The van der Waals surface area contributed by atoms with E-state index in [1.165, 1.54) is 24.3 Å². The number of rotatable bonds is 6. The number of methoxy groups -OCH3 is 1. The van der Waals surface area contributed by atoms with Crippen LogP contribution in [0.1, 0.15) is 36.1 Å². The summed E-state index contributed by atoms with van der Waals surface area (Å²) in [5.41, 5.74) is 1.13. The molecule has 6 nitrogen and oxygen atoms in total. The van der Waals surface area contributed by atoms with E-state index in [1.54, 1.807) is 7.11 Å². The maximum Gasteiger partial charge on any atom is 0.251 e. The fourth-order valence-corrected chi connectivity index (χ4v) is 2.56. The van der Waals surface area contributed by atoms with Crippen LogP contribution in [-0.4, -0.2) is 23.2 Å². The lowest BCUT2D eigenvalue weighted by molar-refractivity contribution is 0.0914. The quantitative estimate of drug-likeness (QED) is 0.710. The van der Waals surface area contributed by atoms with Crippen molar-refractivity contribution in [3.63, 3.8) is 0 Å². The Balaban J connectivity index is 1.79. The van der Waals surface area contributed by atoms with Crippen molar-refractivity contribution in [3.05, 3.63) is 65.8 Å². The van der Waals surface area contributed by atoms with Gasteiger partial charge in [0.05, 0.1) is 7.11 Å². The second kappa shape index (κ2) is 7.99. The molecule has 0 spiro atoms. The first kappa shape index (κ1) is 18.6. The van der Waals surface area contributed by atoms with Gasteiger partial charge in [-0.15, -0.1) is 0 Å². The van der Waals surface area contributed by atoms with Gasteiger partial charge in [-0.05, 0) is 54.4 Å². The Morgan fingerprint density at radius 2 is 1.78 bits per heavy atom. The van der Waals surface area contributed by atoms with Gasteiger partial charge in [0.15, 0.2) is 0 Å². The molecule has 3 rings (SSSR count). The van der Waals surface area contributed by atoms with E-state index >= 15 is 0 Å². The van der Waals surface area contributed by atoms with E-state index in [1.807, 2.05) is 38.1 Å². The van der Waals surface area contributed by atoms with Gasteiger partial charge in [0.2, 0.25) is 11.7 Å². The zero-order chi connectivity index (χ0) is 19.4. The van der Waals surface area contributed by atoms with Crippen LogP contribution in [0.25, 0.3) is 11.4 Å². The van der Waals surface area contributed by atoms with Crippen LogP contribution in [0, 0.1) is 11.7 Å². The number of hydrogen-bond acceptors (Lipinski definition) is 5. The van der Waals surface area contributed by atoms with Crippen LogP contribution in [0.5, 0.6) is 5.75 Å². The van der Waals surface area contributed by atoms with Crippen molar-refractivity contribution in [2.45, 2.75) is 19.9 Å². The summed E-state index contributed by atoms with van der Waals surface area (Å²) in [6.07, 6.45) is 0. The van der Waals surface area contributed by atoms with E-state index in [2.05, 4.69) is 15.5 Å². The lowest BCUT2D eigenvalue weighted by Gasteiger charge is -2.18. The number of hydrogen-bond donors (Lipinski definition) is 1. The predicted octanol–water partition coefficient (Wildman–Crippen LogP) is 4.01. The maximum atomic E-state index is 13.0. The Bertz CT molecular complexity index is 905. The molecular formula is C20H20FN3O3. The van der Waals surface area contributed by atoms with Crippen LogP contribution in [0.2, 0.25) is 0 Å². The number of nitrogens with one attached hydrogen (secondary N) is 1. The van der Waals surface area contributed by atoms with E-state index < -0.39 is 11.9 Å². The largest absolute Gasteiger partial charge is 0.497 e. The van der Waals surface area contributed by atoms with Crippen molar-refractivity contribution >= 4 is 5.91 Å². The fraction of sp³-hybridized carbons (Fsp3) is 0.250. The third-order valence-electron chi connectivity index (χ3n) is 4.12. The average molecular weight is 369 g/mol. The molecular weight excluding hydrogens is 349 g/mol. The van der Waals surface area contributed by atoms with Crippen molar-refractivity contribution in [2.75, 3.05) is 7.11 Å². The smallest absolute Gasteiger partial charge is 0.251 e. The molecule has 1 N–H and O–H groups in total. The average Bonchev–Trinajstić information content (AvgIpc) is 3.16. The highest BCUT2D eigenvalue weighted by Gasteiger charge is 2.25. The van der Waals surface area contributed by atoms with Crippen molar-refractivity contribution in [1.29, 1.82) is 0 Å². The topological polar surface area (TPSA) is 77.3 Å². The highest BCUT2D eigenvalue weighted by Crippen LogP contribution is 2.25. The highest BCUT2D eigenvalue weighted by molar-refractivity contribution is 5.94. The molecule has 27 heavy (non-hydrogen) atoms. The SMILES string of the molecule is COc1ccc(-c2noc([C@@H](NC(=O)c3ccc(F)cc3)C(C)C)n2)cc1. The van der Waals surface area contributed by atoms with Crippen LogP contribution >= 0.6 is 0 Å². The third kappa shape index (κ3) is 4.31. The van der Waals surface area contributed by atoms with Gasteiger partial charge in [-0.1, -0.05) is 19.0 Å². The number of ether oxygens (including phenoxy) is 1. The number of nitrogens with zero attached hydrogens (tertiary/aromatic N) is 2. The summed E-state index contributed by atoms with van der Waals surface area (Å²) < 4.78 is 23.6. The molecule has 0 bridgehead atoms. The van der Waals surface area contributed by atoms with E-state index in [-0.39, 0.29) is 11.8 Å². The minimum atomic E-state index is -0.470.